The Balaban J connectivity index is 1.74. The minimum Gasteiger partial charge on any atom is -0.420 e. The molecule has 3 rings (SSSR count). The van der Waals surface area contributed by atoms with E-state index in [1.54, 1.807) is 7.05 Å². The summed E-state index contributed by atoms with van der Waals surface area (Å²) in [5.74, 6) is 0.508. The molecular formula is C27H28N2O. The number of aliphatic imine (C=N–C) groups is 1. The maximum absolute atomic E-state index is 8.34. The van der Waals surface area contributed by atoms with Crippen LogP contribution in [0.3, 0.4) is 0 Å². The van der Waals surface area contributed by atoms with E-state index in [0.29, 0.717) is 5.90 Å². The van der Waals surface area contributed by atoms with Gasteiger partial charge in [-0.05, 0) is 51.9 Å². The number of nitrogens with one attached hydrogen (secondary N) is 1. The van der Waals surface area contributed by atoms with E-state index < -0.39 is 0 Å². The van der Waals surface area contributed by atoms with Gasteiger partial charge in [-0.3, -0.25) is 10.4 Å². The minimum atomic E-state index is 0.0748. The van der Waals surface area contributed by atoms with Crippen molar-refractivity contribution >= 4 is 17.9 Å². The molecule has 3 heteroatoms. The fourth-order valence-corrected chi connectivity index (χ4v) is 3.13. The van der Waals surface area contributed by atoms with Crippen molar-refractivity contribution in [3.63, 3.8) is 0 Å². The van der Waals surface area contributed by atoms with Crippen LogP contribution in [0.4, 0.5) is 0 Å². The molecular weight excluding hydrogens is 368 g/mol. The van der Waals surface area contributed by atoms with Gasteiger partial charge in [-0.15, -0.1) is 0 Å². The largest absolute Gasteiger partial charge is 0.420 e. The van der Waals surface area contributed by atoms with E-state index in [1.165, 1.54) is 5.56 Å². The highest BCUT2D eigenvalue weighted by atomic mass is 16.5. The van der Waals surface area contributed by atoms with Crippen LogP contribution in [-0.4, -0.2) is 18.8 Å². The lowest BCUT2D eigenvalue weighted by atomic mass is 9.87. The smallest absolute Gasteiger partial charge is 0.223 e. The van der Waals surface area contributed by atoms with Crippen LogP contribution in [0.25, 0.3) is 17.2 Å². The summed E-state index contributed by atoms with van der Waals surface area (Å²) in [6.07, 6.45) is 1.83. The number of nitrogens with zero attached hydrogens (tertiary/aromatic N) is 1. The van der Waals surface area contributed by atoms with Gasteiger partial charge in [0.2, 0.25) is 11.8 Å². The molecule has 0 aliphatic rings. The summed E-state index contributed by atoms with van der Waals surface area (Å²) in [6.45, 7) is 10.3. The first kappa shape index (κ1) is 21.3. The Morgan fingerprint density at radius 2 is 1.33 bits per heavy atom. The van der Waals surface area contributed by atoms with Gasteiger partial charge in [0.1, 0.15) is 0 Å². The SMILES string of the molecule is C=Cc1ccc(-c2ccc(/C(=N/C)OC(=N)c3ccc(C(C)(C)C)cc3)cc2)cc1. The summed E-state index contributed by atoms with van der Waals surface area (Å²) in [5.41, 5.74) is 6.19. The molecule has 0 radical (unpaired) electrons. The molecule has 0 aromatic heterocycles. The van der Waals surface area contributed by atoms with E-state index >= 15 is 0 Å². The van der Waals surface area contributed by atoms with E-state index in [-0.39, 0.29) is 11.3 Å². The summed E-state index contributed by atoms with van der Waals surface area (Å²) in [4.78, 5) is 4.25. The minimum absolute atomic E-state index is 0.0748. The summed E-state index contributed by atoms with van der Waals surface area (Å²) in [5, 5.41) is 8.34. The van der Waals surface area contributed by atoms with E-state index in [2.05, 4.69) is 44.5 Å². The Morgan fingerprint density at radius 1 is 0.833 bits per heavy atom. The van der Waals surface area contributed by atoms with Crippen molar-refractivity contribution in [3.05, 3.63) is 102 Å². The third-order valence-corrected chi connectivity index (χ3v) is 5.03. The molecule has 0 aliphatic carbocycles. The van der Waals surface area contributed by atoms with Gasteiger partial charge in [0.25, 0.3) is 0 Å². The Morgan fingerprint density at radius 3 is 1.80 bits per heavy atom. The first-order valence-electron chi connectivity index (χ1n) is 9.99. The molecule has 0 amide bonds. The normalized spacial score (nSPS) is 11.8. The van der Waals surface area contributed by atoms with Gasteiger partial charge in [0.05, 0.1) is 0 Å². The number of rotatable bonds is 4. The van der Waals surface area contributed by atoms with Crippen molar-refractivity contribution in [2.75, 3.05) is 7.05 Å². The molecule has 0 atom stereocenters. The van der Waals surface area contributed by atoms with Crippen LogP contribution >= 0.6 is 0 Å². The number of ether oxygens (including phenoxy) is 1. The molecule has 0 saturated heterocycles. The van der Waals surface area contributed by atoms with Crippen LogP contribution in [0, 0.1) is 5.41 Å². The molecule has 1 N–H and O–H groups in total. The second kappa shape index (κ2) is 8.91. The number of benzene rings is 3. The van der Waals surface area contributed by atoms with Gasteiger partial charge in [0.15, 0.2) is 0 Å². The van der Waals surface area contributed by atoms with Gasteiger partial charge in [-0.25, -0.2) is 0 Å². The second-order valence-corrected chi connectivity index (χ2v) is 8.19. The average Bonchev–Trinajstić information content (AvgIpc) is 2.77. The van der Waals surface area contributed by atoms with E-state index in [9.17, 15) is 0 Å². The molecule has 0 saturated carbocycles. The summed E-state index contributed by atoms with van der Waals surface area (Å²) >= 11 is 0. The molecule has 152 valence electrons. The van der Waals surface area contributed by atoms with Gasteiger partial charge >= 0.3 is 0 Å². The van der Waals surface area contributed by atoms with Crippen molar-refractivity contribution in [2.45, 2.75) is 26.2 Å². The van der Waals surface area contributed by atoms with Crippen molar-refractivity contribution in [1.82, 2.24) is 0 Å². The molecule has 30 heavy (non-hydrogen) atoms. The summed E-state index contributed by atoms with van der Waals surface area (Å²) < 4.78 is 5.80. The zero-order chi connectivity index (χ0) is 21.7. The Hall–Kier alpha value is -3.46. The van der Waals surface area contributed by atoms with Gasteiger partial charge in [0, 0.05) is 18.2 Å². The topological polar surface area (TPSA) is 45.4 Å². The maximum Gasteiger partial charge on any atom is 0.223 e. The van der Waals surface area contributed by atoms with Crippen molar-refractivity contribution < 1.29 is 4.74 Å². The van der Waals surface area contributed by atoms with Gasteiger partial charge in [-0.1, -0.05) is 82.0 Å². The molecule has 3 nitrogen and oxygen atoms in total. The summed E-state index contributed by atoms with van der Waals surface area (Å²) in [7, 11) is 1.67. The van der Waals surface area contributed by atoms with Crippen molar-refractivity contribution in [1.29, 1.82) is 5.41 Å². The Bertz CT molecular complexity index is 1050. The predicted octanol–water partition coefficient (Wildman–Crippen LogP) is 6.71. The fourth-order valence-electron chi connectivity index (χ4n) is 3.13. The molecule has 0 aliphatic heterocycles. The first-order chi connectivity index (χ1) is 14.3. The molecule has 0 fully saturated rings. The molecule has 0 heterocycles. The third-order valence-electron chi connectivity index (χ3n) is 5.03. The second-order valence-electron chi connectivity index (χ2n) is 8.19. The van der Waals surface area contributed by atoms with E-state index in [1.807, 2.05) is 66.7 Å². The quantitative estimate of drug-likeness (QED) is 0.386. The average molecular weight is 397 g/mol. The van der Waals surface area contributed by atoms with Crippen LogP contribution in [0.5, 0.6) is 0 Å². The predicted molar refractivity (Wildman–Crippen MR) is 127 cm³/mol. The molecule has 0 bridgehead atoms. The van der Waals surface area contributed by atoms with Gasteiger partial charge in [-0.2, -0.15) is 0 Å². The standard InChI is InChI=1S/C27H28N2O/c1-6-19-7-9-20(10-8-19)21-11-13-23(14-12-21)26(29-5)30-25(28)22-15-17-24(18-16-22)27(2,3)4/h6-18,28H,1H2,2-5H3/b28-25?,29-26-. The molecule has 3 aromatic rings. The highest BCUT2D eigenvalue weighted by Gasteiger charge is 2.15. The molecule has 3 aromatic carbocycles. The van der Waals surface area contributed by atoms with E-state index in [4.69, 9.17) is 10.1 Å². The van der Waals surface area contributed by atoms with Crippen LogP contribution in [0.15, 0.2) is 84.4 Å². The fraction of sp³-hybridized carbons (Fsp3) is 0.185. The molecule has 0 spiro atoms. The Kier molecular flexibility index (Phi) is 6.31. The highest BCUT2D eigenvalue weighted by molar-refractivity contribution is 6.06. The lowest BCUT2D eigenvalue weighted by molar-refractivity contribution is 0.541. The van der Waals surface area contributed by atoms with Crippen molar-refractivity contribution in [2.24, 2.45) is 4.99 Å². The zero-order valence-electron chi connectivity index (χ0n) is 18.1. The highest BCUT2D eigenvalue weighted by Crippen LogP contribution is 2.23. The number of hydrogen-bond acceptors (Lipinski definition) is 3. The van der Waals surface area contributed by atoms with Crippen molar-refractivity contribution in [3.8, 4) is 11.1 Å². The van der Waals surface area contributed by atoms with Gasteiger partial charge < -0.3 is 4.74 Å². The lowest BCUT2D eigenvalue weighted by Crippen LogP contribution is -2.15. The van der Waals surface area contributed by atoms with Crippen LogP contribution in [-0.2, 0) is 10.2 Å². The van der Waals surface area contributed by atoms with Crippen LogP contribution < -0.4 is 0 Å². The number of hydrogen-bond donors (Lipinski definition) is 1. The first-order valence-corrected chi connectivity index (χ1v) is 9.99. The maximum atomic E-state index is 8.34. The monoisotopic (exact) mass is 396 g/mol. The third kappa shape index (κ3) is 4.93. The Labute approximate surface area is 179 Å². The zero-order valence-corrected chi connectivity index (χ0v) is 18.1. The van der Waals surface area contributed by atoms with Crippen LogP contribution in [0.2, 0.25) is 0 Å². The lowest BCUT2D eigenvalue weighted by Gasteiger charge is -2.19. The summed E-state index contributed by atoms with van der Waals surface area (Å²) in [6, 6.07) is 24.2. The van der Waals surface area contributed by atoms with Crippen LogP contribution in [0.1, 0.15) is 43.0 Å². The molecule has 0 unspecified atom stereocenters. The van der Waals surface area contributed by atoms with E-state index in [0.717, 1.165) is 27.8 Å².